The molecule has 178 valence electrons. The minimum atomic E-state index is -0.975. The van der Waals surface area contributed by atoms with Gasteiger partial charge in [0.2, 0.25) is 0 Å². The highest BCUT2D eigenvalue weighted by atomic mass is 127. The molecule has 0 fully saturated rings. The van der Waals surface area contributed by atoms with E-state index >= 15 is 0 Å². The predicted molar refractivity (Wildman–Crippen MR) is 151 cm³/mol. The van der Waals surface area contributed by atoms with Crippen molar-refractivity contribution in [1.29, 1.82) is 0 Å². The lowest BCUT2D eigenvalue weighted by atomic mass is 10.1. The Bertz CT molecular complexity index is 1450. The zero-order valence-corrected chi connectivity index (χ0v) is 24.4. The molecule has 3 aromatic carbocycles. The van der Waals surface area contributed by atoms with Crippen molar-refractivity contribution in [3.8, 4) is 5.75 Å². The molecule has 0 saturated heterocycles. The van der Waals surface area contributed by atoms with Gasteiger partial charge in [-0.15, -0.1) is 0 Å². The fraction of sp³-hybridized carbons (Fsp3) is 0.0417. The quantitative estimate of drug-likeness (QED) is 0.116. The van der Waals surface area contributed by atoms with Crippen molar-refractivity contribution in [2.24, 2.45) is 5.10 Å². The Morgan fingerprint density at radius 1 is 1.06 bits per heavy atom. The summed E-state index contributed by atoms with van der Waals surface area (Å²) in [6.45, 7) is 0.258. The molecule has 0 atom stereocenters. The molecular formula is C24H14Br3IN2O5. The van der Waals surface area contributed by atoms with Crippen LogP contribution >= 0.6 is 70.4 Å². The monoisotopic (exact) mass is 774 g/mol. The Hall–Kier alpha value is -2.22. The van der Waals surface area contributed by atoms with Crippen LogP contribution in [0.25, 0.3) is 11.0 Å². The summed E-state index contributed by atoms with van der Waals surface area (Å²) in [5, 5.41) is 13.8. The molecule has 0 aliphatic heterocycles. The third kappa shape index (κ3) is 6.32. The Kier molecular flexibility index (Phi) is 8.30. The van der Waals surface area contributed by atoms with Crippen LogP contribution in [0.15, 0.2) is 77.5 Å². The van der Waals surface area contributed by atoms with Gasteiger partial charge in [-0.3, -0.25) is 4.79 Å². The first kappa shape index (κ1) is 25.9. The molecule has 0 spiro atoms. The fourth-order valence-corrected chi connectivity index (χ4v) is 6.21. The number of nitrogens with zero attached hydrogens (tertiary/aromatic N) is 1. The lowest BCUT2D eigenvalue weighted by molar-refractivity contribution is 0.0696. The van der Waals surface area contributed by atoms with E-state index in [1.807, 2.05) is 12.1 Å². The number of hydrogen-bond donors (Lipinski definition) is 2. The number of nitrogens with one attached hydrogen (secondary N) is 1. The van der Waals surface area contributed by atoms with E-state index in [-0.39, 0.29) is 17.9 Å². The predicted octanol–water partition coefficient (Wildman–Crippen LogP) is 7.37. The van der Waals surface area contributed by atoms with Crippen LogP contribution in [0.2, 0.25) is 0 Å². The van der Waals surface area contributed by atoms with E-state index in [1.165, 1.54) is 18.3 Å². The molecule has 7 nitrogen and oxygen atoms in total. The summed E-state index contributed by atoms with van der Waals surface area (Å²) in [4.78, 5) is 23.4. The maximum Gasteiger partial charge on any atom is 0.335 e. The molecule has 2 N–H and O–H groups in total. The van der Waals surface area contributed by atoms with E-state index in [9.17, 15) is 9.59 Å². The normalized spacial score (nSPS) is 11.2. The van der Waals surface area contributed by atoms with Crippen LogP contribution in [-0.2, 0) is 6.61 Å². The maximum absolute atomic E-state index is 12.5. The third-order valence-electron chi connectivity index (χ3n) is 4.74. The fourth-order valence-electron chi connectivity index (χ4n) is 3.10. The Labute approximate surface area is 238 Å². The molecule has 1 amide bonds. The summed E-state index contributed by atoms with van der Waals surface area (Å²) >= 11 is 12.6. The van der Waals surface area contributed by atoms with E-state index in [4.69, 9.17) is 14.3 Å². The van der Waals surface area contributed by atoms with Crippen molar-refractivity contribution < 1.29 is 23.8 Å². The molecule has 0 aliphatic carbocycles. The minimum absolute atomic E-state index is 0.163. The van der Waals surface area contributed by atoms with Gasteiger partial charge in [-0.05, 0) is 108 Å². The van der Waals surface area contributed by atoms with Crippen molar-refractivity contribution in [2.75, 3.05) is 0 Å². The van der Waals surface area contributed by atoms with Crippen LogP contribution in [0, 0.1) is 3.57 Å². The number of fused-ring (bicyclic) bond motifs is 1. The number of hydrazone groups is 1. The van der Waals surface area contributed by atoms with Crippen molar-refractivity contribution in [2.45, 2.75) is 6.61 Å². The number of furan rings is 1. The van der Waals surface area contributed by atoms with Gasteiger partial charge in [0.1, 0.15) is 17.9 Å². The molecule has 0 radical (unpaired) electrons. The van der Waals surface area contributed by atoms with Crippen LogP contribution in [0.3, 0.4) is 0 Å². The topological polar surface area (TPSA) is 101 Å². The molecule has 11 heteroatoms. The van der Waals surface area contributed by atoms with Crippen LogP contribution < -0.4 is 10.2 Å². The first-order valence-electron chi connectivity index (χ1n) is 9.87. The summed E-state index contributed by atoms with van der Waals surface area (Å²) in [5.74, 6) is -0.694. The molecule has 1 heterocycles. The van der Waals surface area contributed by atoms with Crippen LogP contribution in [0.4, 0.5) is 0 Å². The van der Waals surface area contributed by atoms with Gasteiger partial charge in [-0.1, -0.05) is 28.1 Å². The number of ether oxygens (including phenoxy) is 1. The third-order valence-corrected chi connectivity index (χ3v) is 7.18. The lowest BCUT2D eigenvalue weighted by Gasteiger charge is -2.11. The van der Waals surface area contributed by atoms with Gasteiger partial charge in [-0.2, -0.15) is 5.10 Å². The van der Waals surface area contributed by atoms with Gasteiger partial charge in [-0.25, -0.2) is 10.2 Å². The molecule has 0 unspecified atom stereocenters. The number of carboxylic acid groups (broad SMARTS) is 1. The highest BCUT2D eigenvalue weighted by molar-refractivity contribution is 14.1. The number of carbonyl (C=O) groups is 2. The summed E-state index contributed by atoms with van der Waals surface area (Å²) < 4.78 is 14.7. The number of carboxylic acids is 1. The highest BCUT2D eigenvalue weighted by Crippen LogP contribution is 2.35. The first-order valence-corrected chi connectivity index (χ1v) is 13.3. The summed E-state index contributed by atoms with van der Waals surface area (Å²) in [5.41, 5.74) is 4.88. The van der Waals surface area contributed by atoms with E-state index in [1.54, 1.807) is 30.3 Å². The van der Waals surface area contributed by atoms with Crippen LogP contribution in [0.5, 0.6) is 5.75 Å². The first-order chi connectivity index (χ1) is 16.7. The maximum atomic E-state index is 12.5. The number of hydrogen-bond acceptors (Lipinski definition) is 5. The van der Waals surface area contributed by atoms with E-state index in [2.05, 4.69) is 80.9 Å². The molecule has 0 aliphatic rings. The SMILES string of the molecule is O=C(O)c1ccc(COc2c(Br)cc(/C=N\NC(=O)c3cc4cc(Br)cc(I)c4o3)cc2Br)cc1. The molecular weight excluding hydrogens is 763 g/mol. The van der Waals surface area contributed by atoms with Crippen molar-refractivity contribution >= 4 is 99.4 Å². The van der Waals surface area contributed by atoms with Crippen molar-refractivity contribution in [1.82, 2.24) is 5.43 Å². The number of amides is 1. The van der Waals surface area contributed by atoms with E-state index in [0.29, 0.717) is 25.8 Å². The van der Waals surface area contributed by atoms with E-state index in [0.717, 1.165) is 19.0 Å². The zero-order valence-electron chi connectivity index (χ0n) is 17.5. The Morgan fingerprint density at radius 3 is 2.40 bits per heavy atom. The molecule has 4 rings (SSSR count). The molecule has 35 heavy (non-hydrogen) atoms. The molecule has 1 aromatic heterocycles. The highest BCUT2D eigenvalue weighted by Gasteiger charge is 2.14. The van der Waals surface area contributed by atoms with E-state index < -0.39 is 11.9 Å². The second-order valence-electron chi connectivity index (χ2n) is 7.22. The number of carbonyl (C=O) groups excluding carboxylic acids is 1. The minimum Gasteiger partial charge on any atom is -0.487 e. The second kappa shape index (κ2) is 11.2. The van der Waals surface area contributed by atoms with Crippen LogP contribution in [-0.4, -0.2) is 23.2 Å². The second-order valence-corrected chi connectivity index (χ2v) is 11.0. The number of rotatable bonds is 7. The van der Waals surface area contributed by atoms with Gasteiger partial charge < -0.3 is 14.3 Å². The van der Waals surface area contributed by atoms with Gasteiger partial charge in [0.25, 0.3) is 0 Å². The van der Waals surface area contributed by atoms with Gasteiger partial charge in [0, 0.05) is 9.86 Å². The largest absolute Gasteiger partial charge is 0.487 e. The summed E-state index contributed by atoms with van der Waals surface area (Å²) in [7, 11) is 0. The molecule has 4 aromatic rings. The standard InChI is InChI=1S/C24H14Br3IN2O5/c25-16-7-15-8-20(35-21(15)19(28)9-16)23(31)30-29-10-13-5-17(26)22(18(27)6-13)34-11-12-1-3-14(4-2-12)24(32)33/h1-10H,11H2,(H,30,31)(H,32,33)/b29-10-. The number of halogens is 4. The zero-order chi connectivity index (χ0) is 25.1. The van der Waals surface area contributed by atoms with Crippen molar-refractivity contribution in [3.05, 3.63) is 94.0 Å². The van der Waals surface area contributed by atoms with Crippen molar-refractivity contribution in [3.63, 3.8) is 0 Å². The Balaban J connectivity index is 1.40. The lowest BCUT2D eigenvalue weighted by Crippen LogP contribution is -2.16. The summed E-state index contributed by atoms with van der Waals surface area (Å²) in [6.07, 6.45) is 1.50. The molecule has 0 bridgehead atoms. The van der Waals surface area contributed by atoms with Gasteiger partial charge >= 0.3 is 11.9 Å². The average molecular weight is 777 g/mol. The number of aromatic carboxylic acids is 1. The van der Waals surface area contributed by atoms with Gasteiger partial charge in [0.05, 0.1) is 24.3 Å². The Morgan fingerprint density at radius 2 is 1.74 bits per heavy atom. The number of benzene rings is 3. The molecule has 0 saturated carbocycles. The van der Waals surface area contributed by atoms with Crippen LogP contribution in [0.1, 0.15) is 32.0 Å². The average Bonchev–Trinajstić information content (AvgIpc) is 3.23. The van der Waals surface area contributed by atoms with Gasteiger partial charge in [0.15, 0.2) is 5.76 Å². The smallest absolute Gasteiger partial charge is 0.335 e. The summed E-state index contributed by atoms with van der Waals surface area (Å²) in [6, 6.07) is 15.5.